The molecule has 60 heavy (non-hydrogen) atoms. The van der Waals surface area contributed by atoms with E-state index >= 15 is 0 Å². The molecule has 4 heterocycles. The van der Waals surface area contributed by atoms with Crippen molar-refractivity contribution in [2.75, 3.05) is 0 Å². The average Bonchev–Trinajstić information content (AvgIpc) is 4.08. The summed E-state index contributed by atoms with van der Waals surface area (Å²) in [4.78, 5) is 15.7. The van der Waals surface area contributed by atoms with Gasteiger partial charge in [0, 0.05) is 44.9 Å². The SMILES string of the molecule is Cc1ccc(-c2sc(C)cc2Br)s1.Cc1ccc(-c2sc(C)cc2N=C(c2ccccc2)c2ccccc2)s1.Cc1ccccc1.N=C(c1ccccc1)c1ccccc1. The highest BCUT2D eigenvalue weighted by atomic mass is 79.9. The van der Waals surface area contributed by atoms with Gasteiger partial charge in [0.05, 0.1) is 26.9 Å². The van der Waals surface area contributed by atoms with Gasteiger partial charge < -0.3 is 0 Å². The Kier molecular flexibility index (Phi) is 16.5. The zero-order valence-corrected chi connectivity index (χ0v) is 39.2. The first-order valence-corrected chi connectivity index (χ1v) is 23.6. The van der Waals surface area contributed by atoms with E-state index in [1.165, 1.54) is 49.1 Å². The van der Waals surface area contributed by atoms with Crippen LogP contribution in [0.15, 0.2) is 198 Å². The highest BCUT2D eigenvalue weighted by Gasteiger charge is 2.14. The summed E-state index contributed by atoms with van der Waals surface area (Å²) in [5.41, 5.74) is 8.15. The third-order valence-electron chi connectivity index (χ3n) is 8.97. The molecular formula is C53H47BrN2S4. The van der Waals surface area contributed by atoms with Crippen molar-refractivity contribution in [2.24, 2.45) is 4.99 Å². The number of nitrogens with zero attached hydrogens (tertiary/aromatic N) is 1. The molecule has 2 nitrogen and oxygen atoms in total. The average molecular weight is 920 g/mol. The van der Waals surface area contributed by atoms with Crippen LogP contribution in [0.3, 0.4) is 0 Å². The molecule has 0 saturated heterocycles. The molecule has 0 radical (unpaired) electrons. The highest BCUT2D eigenvalue weighted by Crippen LogP contribution is 2.42. The number of aryl methyl sites for hydroxylation is 5. The first-order valence-electron chi connectivity index (χ1n) is 19.5. The van der Waals surface area contributed by atoms with Crippen molar-refractivity contribution in [3.63, 3.8) is 0 Å². The largest absolute Gasteiger partial charge is 0.300 e. The minimum Gasteiger partial charge on any atom is -0.300 e. The maximum Gasteiger partial charge on any atom is 0.0834 e. The van der Waals surface area contributed by atoms with Crippen LogP contribution in [-0.2, 0) is 0 Å². The molecule has 0 amide bonds. The Labute approximate surface area is 379 Å². The molecule has 0 bridgehead atoms. The number of benzene rings is 5. The Morgan fingerprint density at radius 2 is 0.800 bits per heavy atom. The van der Waals surface area contributed by atoms with Crippen LogP contribution in [0, 0.1) is 40.0 Å². The van der Waals surface area contributed by atoms with E-state index in [1.54, 1.807) is 0 Å². The third kappa shape index (κ3) is 12.9. The van der Waals surface area contributed by atoms with Crippen LogP contribution in [0.5, 0.6) is 0 Å². The Morgan fingerprint density at radius 1 is 0.417 bits per heavy atom. The van der Waals surface area contributed by atoms with Gasteiger partial charge in [0.25, 0.3) is 0 Å². The van der Waals surface area contributed by atoms with Gasteiger partial charge in [-0.25, -0.2) is 4.99 Å². The number of nitrogens with one attached hydrogen (secondary N) is 1. The zero-order chi connectivity index (χ0) is 42.3. The fourth-order valence-electron chi connectivity index (χ4n) is 6.04. The topological polar surface area (TPSA) is 36.2 Å². The fraction of sp³-hybridized carbons (Fsp3) is 0.0943. The predicted octanol–water partition coefficient (Wildman–Crippen LogP) is 17.2. The van der Waals surface area contributed by atoms with Crippen molar-refractivity contribution in [3.05, 3.63) is 240 Å². The molecule has 0 unspecified atom stereocenters. The molecule has 5 aromatic carbocycles. The van der Waals surface area contributed by atoms with Crippen LogP contribution in [0.2, 0.25) is 0 Å². The number of rotatable bonds is 7. The number of hydrogen-bond acceptors (Lipinski definition) is 6. The fourth-order valence-corrected chi connectivity index (χ4v) is 11.0. The van der Waals surface area contributed by atoms with Gasteiger partial charge in [-0.2, -0.15) is 0 Å². The minimum absolute atomic E-state index is 0.575. The lowest BCUT2D eigenvalue weighted by atomic mass is 10.0. The lowest BCUT2D eigenvalue weighted by Crippen LogP contribution is -2.02. The molecule has 0 fully saturated rings. The van der Waals surface area contributed by atoms with Gasteiger partial charge in [0.15, 0.2) is 0 Å². The van der Waals surface area contributed by atoms with Crippen molar-refractivity contribution in [1.82, 2.24) is 0 Å². The molecule has 1 N–H and O–H groups in total. The van der Waals surface area contributed by atoms with Gasteiger partial charge in [-0.05, 0) is 98.1 Å². The molecule has 9 aromatic rings. The summed E-state index contributed by atoms with van der Waals surface area (Å²) in [6.07, 6.45) is 0. The summed E-state index contributed by atoms with van der Waals surface area (Å²) >= 11 is 10.9. The molecule has 0 aliphatic rings. The molecule has 7 heteroatoms. The second-order valence-corrected chi connectivity index (χ2v) is 19.8. The van der Waals surface area contributed by atoms with Gasteiger partial charge in [0.2, 0.25) is 0 Å². The Hall–Kier alpha value is -5.28. The van der Waals surface area contributed by atoms with E-state index in [0.717, 1.165) is 33.7 Å². The summed E-state index contributed by atoms with van der Waals surface area (Å²) in [6.45, 7) is 10.7. The second-order valence-electron chi connectivity index (χ2n) is 13.9. The normalized spacial score (nSPS) is 10.2. The van der Waals surface area contributed by atoms with Crippen LogP contribution in [0.1, 0.15) is 47.3 Å². The molecular weight excluding hydrogens is 873 g/mol. The molecule has 0 atom stereocenters. The van der Waals surface area contributed by atoms with E-state index in [4.69, 9.17) is 10.4 Å². The van der Waals surface area contributed by atoms with E-state index in [2.05, 4.69) is 148 Å². The first-order chi connectivity index (χ1) is 29.1. The number of hydrogen-bond donors (Lipinski definition) is 1. The van der Waals surface area contributed by atoms with Crippen LogP contribution in [0.25, 0.3) is 19.5 Å². The van der Waals surface area contributed by atoms with E-state index < -0.39 is 0 Å². The van der Waals surface area contributed by atoms with Gasteiger partial charge in [-0.3, -0.25) is 5.41 Å². The minimum atomic E-state index is 0.575. The Balaban J connectivity index is 0.000000149. The van der Waals surface area contributed by atoms with Crippen molar-refractivity contribution >= 4 is 78.4 Å². The van der Waals surface area contributed by atoms with Gasteiger partial charge >= 0.3 is 0 Å². The molecule has 0 saturated carbocycles. The monoisotopic (exact) mass is 918 g/mol. The quantitative estimate of drug-likeness (QED) is 0.155. The number of thiophene rings is 4. The summed E-state index contributed by atoms with van der Waals surface area (Å²) in [5, 5.41) is 7.97. The van der Waals surface area contributed by atoms with Gasteiger partial charge in [0.1, 0.15) is 0 Å². The third-order valence-corrected chi connectivity index (χ3v) is 14.3. The van der Waals surface area contributed by atoms with Crippen molar-refractivity contribution < 1.29 is 0 Å². The maximum atomic E-state index is 7.97. The van der Waals surface area contributed by atoms with Gasteiger partial charge in [-0.1, -0.05) is 157 Å². The molecule has 0 aliphatic carbocycles. The van der Waals surface area contributed by atoms with E-state index in [9.17, 15) is 0 Å². The van der Waals surface area contributed by atoms with Crippen LogP contribution in [0.4, 0.5) is 5.69 Å². The van der Waals surface area contributed by atoms with Crippen LogP contribution < -0.4 is 0 Å². The van der Waals surface area contributed by atoms with E-state index in [0.29, 0.717) is 5.71 Å². The van der Waals surface area contributed by atoms with E-state index in [-0.39, 0.29) is 0 Å². The maximum absolute atomic E-state index is 7.97. The lowest BCUT2D eigenvalue weighted by molar-refractivity contribution is 1.46. The zero-order valence-electron chi connectivity index (χ0n) is 34.4. The first kappa shape index (κ1) is 44.3. The summed E-state index contributed by atoms with van der Waals surface area (Å²) < 4.78 is 1.22. The lowest BCUT2D eigenvalue weighted by Gasteiger charge is -2.08. The van der Waals surface area contributed by atoms with Crippen molar-refractivity contribution in [2.45, 2.75) is 34.6 Å². The van der Waals surface area contributed by atoms with Crippen LogP contribution in [-0.4, -0.2) is 11.4 Å². The molecule has 0 aliphatic heterocycles. The molecule has 300 valence electrons. The highest BCUT2D eigenvalue weighted by molar-refractivity contribution is 9.10. The number of halogens is 1. The molecule has 9 rings (SSSR count). The molecule has 4 aromatic heterocycles. The summed E-state index contributed by atoms with van der Waals surface area (Å²) in [5.74, 6) is 0. The Morgan fingerprint density at radius 3 is 1.17 bits per heavy atom. The number of aliphatic imine (C=N–C) groups is 1. The van der Waals surface area contributed by atoms with Crippen molar-refractivity contribution in [3.8, 4) is 19.5 Å². The predicted molar refractivity (Wildman–Crippen MR) is 270 cm³/mol. The van der Waals surface area contributed by atoms with Crippen LogP contribution >= 0.6 is 61.3 Å². The standard InChI is InChI=1S/C23H19NS2.C13H11N.C10H9BrS2.C7H8/c1-16-13-14-21(25-16)23-20(15-17(2)26-23)24-22(18-9-5-3-6-10-18)19-11-7-4-8-12-19;14-13(11-7-3-1-4-8-11)12-9-5-2-6-10-12;1-6-3-4-9(12-6)10-8(11)5-7(2)13-10;1-7-5-3-2-4-6-7/h3-15H,1-2H3;1-10,14H;3-5H,1-2H3;2-6H,1H3. The van der Waals surface area contributed by atoms with E-state index in [1.807, 2.05) is 136 Å². The Bertz CT molecular complexity index is 2630. The van der Waals surface area contributed by atoms with Gasteiger partial charge in [-0.15, -0.1) is 45.3 Å². The summed E-state index contributed by atoms with van der Waals surface area (Å²) in [7, 11) is 0. The smallest absolute Gasteiger partial charge is 0.0834 e. The summed E-state index contributed by atoms with van der Waals surface area (Å²) in [6, 6.07) is 63.8. The van der Waals surface area contributed by atoms with Crippen molar-refractivity contribution in [1.29, 1.82) is 5.41 Å². The molecule has 0 spiro atoms. The second kappa shape index (κ2) is 22.4.